The lowest BCUT2D eigenvalue weighted by Gasteiger charge is -2.32. The van der Waals surface area contributed by atoms with E-state index in [1.54, 1.807) is 11.6 Å². The predicted octanol–water partition coefficient (Wildman–Crippen LogP) is 2.26. The van der Waals surface area contributed by atoms with Crippen molar-refractivity contribution in [1.29, 1.82) is 0 Å². The van der Waals surface area contributed by atoms with Crippen LogP contribution in [0.2, 0.25) is 0 Å². The van der Waals surface area contributed by atoms with Gasteiger partial charge in [-0.3, -0.25) is 9.36 Å². The van der Waals surface area contributed by atoms with Crippen molar-refractivity contribution in [1.82, 2.24) is 24.2 Å². The quantitative estimate of drug-likeness (QED) is 0.838. The van der Waals surface area contributed by atoms with Gasteiger partial charge in [-0.25, -0.2) is 14.5 Å². The average Bonchev–Trinajstić information content (AvgIpc) is 3.06. The number of hydrogen-bond acceptors (Lipinski definition) is 5. The number of amides is 1. The van der Waals surface area contributed by atoms with Crippen molar-refractivity contribution in [2.75, 3.05) is 13.1 Å². The van der Waals surface area contributed by atoms with Crippen LogP contribution in [0.3, 0.4) is 0 Å². The van der Waals surface area contributed by atoms with Crippen LogP contribution in [0.15, 0.2) is 4.79 Å². The number of nitrogens with zero attached hydrogens (tertiary/aromatic N) is 5. The number of piperidine rings is 1. The predicted molar refractivity (Wildman–Crippen MR) is 97.3 cm³/mol. The third-order valence-corrected chi connectivity index (χ3v) is 5.73. The van der Waals surface area contributed by atoms with Crippen LogP contribution in [-0.4, -0.2) is 43.2 Å². The maximum atomic E-state index is 12.9. The summed E-state index contributed by atoms with van der Waals surface area (Å²) in [6.45, 7) is 9.11. The zero-order chi connectivity index (χ0) is 18.3. The van der Waals surface area contributed by atoms with Crippen molar-refractivity contribution in [3.8, 4) is 0 Å². The molecule has 0 radical (unpaired) electrons. The molecule has 1 unspecified atom stereocenters. The average molecular weight is 363 g/mol. The molecule has 2 aromatic heterocycles. The van der Waals surface area contributed by atoms with Crippen molar-refractivity contribution >= 4 is 17.2 Å². The van der Waals surface area contributed by atoms with Gasteiger partial charge >= 0.3 is 5.69 Å². The van der Waals surface area contributed by atoms with E-state index in [0.29, 0.717) is 6.54 Å². The van der Waals surface area contributed by atoms with Gasteiger partial charge in [-0.2, -0.15) is 5.10 Å². The van der Waals surface area contributed by atoms with Crippen LogP contribution in [0.4, 0.5) is 0 Å². The molecule has 7 nitrogen and oxygen atoms in total. The highest BCUT2D eigenvalue weighted by Gasteiger charge is 2.31. The minimum absolute atomic E-state index is 0.0437. The van der Waals surface area contributed by atoms with E-state index in [-0.39, 0.29) is 23.6 Å². The lowest BCUT2D eigenvalue weighted by atomic mass is 9.96. The van der Waals surface area contributed by atoms with Gasteiger partial charge < -0.3 is 4.90 Å². The van der Waals surface area contributed by atoms with Crippen molar-refractivity contribution < 1.29 is 4.79 Å². The summed E-state index contributed by atoms with van der Waals surface area (Å²) in [4.78, 5) is 32.2. The Morgan fingerprint density at radius 1 is 1.32 bits per heavy atom. The Labute approximate surface area is 151 Å². The Morgan fingerprint density at radius 3 is 2.64 bits per heavy atom. The number of aryl methyl sites for hydroxylation is 3. The summed E-state index contributed by atoms with van der Waals surface area (Å²) in [5.74, 6) is 0.919. The van der Waals surface area contributed by atoms with Gasteiger partial charge in [0, 0.05) is 32.1 Å². The van der Waals surface area contributed by atoms with Crippen LogP contribution >= 0.6 is 11.3 Å². The molecule has 0 aliphatic carbocycles. The van der Waals surface area contributed by atoms with Gasteiger partial charge in [-0.05, 0) is 40.5 Å². The second kappa shape index (κ2) is 6.74. The summed E-state index contributed by atoms with van der Waals surface area (Å²) < 4.78 is 3.15. The van der Waals surface area contributed by atoms with E-state index in [0.717, 1.165) is 40.8 Å². The molecule has 0 N–H and O–H groups in total. The lowest BCUT2D eigenvalue weighted by molar-refractivity contribution is 0.0706. The van der Waals surface area contributed by atoms with Gasteiger partial charge in [0.05, 0.1) is 10.7 Å². The SMILES string of the molecule is Cc1nc(C)c(C(=O)N2CCCC(c3nn(C)c(=O)n3C(C)C)C2)s1. The van der Waals surface area contributed by atoms with E-state index in [1.165, 1.54) is 16.0 Å². The number of hydrogen-bond donors (Lipinski definition) is 0. The summed E-state index contributed by atoms with van der Waals surface area (Å²) in [6.07, 6.45) is 1.85. The number of carbonyl (C=O) groups is 1. The van der Waals surface area contributed by atoms with Crippen LogP contribution in [0.25, 0.3) is 0 Å². The van der Waals surface area contributed by atoms with E-state index in [2.05, 4.69) is 10.1 Å². The number of carbonyl (C=O) groups excluding carboxylic acids is 1. The summed E-state index contributed by atoms with van der Waals surface area (Å²) in [7, 11) is 1.68. The monoisotopic (exact) mass is 363 g/mol. The zero-order valence-electron chi connectivity index (χ0n) is 15.4. The molecular weight excluding hydrogens is 338 g/mol. The Bertz CT molecular complexity index is 848. The largest absolute Gasteiger partial charge is 0.345 e. The van der Waals surface area contributed by atoms with Gasteiger partial charge in [-0.1, -0.05) is 0 Å². The fourth-order valence-electron chi connectivity index (χ4n) is 3.51. The molecule has 1 fully saturated rings. The van der Waals surface area contributed by atoms with Crippen LogP contribution < -0.4 is 5.69 Å². The zero-order valence-corrected chi connectivity index (χ0v) is 16.3. The standard InChI is InChI=1S/C17H25N5O2S/c1-10(2)22-15(19-20(5)17(22)24)13-7-6-8-21(9-13)16(23)14-11(3)18-12(4)25-14/h10,13H,6-9H2,1-5H3. The number of rotatable bonds is 3. The highest BCUT2D eigenvalue weighted by molar-refractivity contribution is 7.13. The summed E-state index contributed by atoms with van der Waals surface area (Å²) >= 11 is 1.45. The Balaban J connectivity index is 1.87. The summed E-state index contributed by atoms with van der Waals surface area (Å²) in [5, 5.41) is 5.37. The molecule has 3 rings (SSSR count). The highest BCUT2D eigenvalue weighted by atomic mass is 32.1. The molecule has 1 aliphatic heterocycles. The normalized spacial score (nSPS) is 18.2. The first-order chi connectivity index (χ1) is 11.8. The molecular formula is C17H25N5O2S. The van der Waals surface area contributed by atoms with Gasteiger partial charge in [0.15, 0.2) is 0 Å². The molecule has 0 bridgehead atoms. The number of likely N-dealkylation sites (tertiary alicyclic amines) is 1. The minimum atomic E-state index is -0.0950. The maximum Gasteiger partial charge on any atom is 0.345 e. The first-order valence-corrected chi connectivity index (χ1v) is 9.50. The van der Waals surface area contributed by atoms with E-state index in [1.807, 2.05) is 32.6 Å². The van der Waals surface area contributed by atoms with Gasteiger partial charge in [-0.15, -0.1) is 11.3 Å². The van der Waals surface area contributed by atoms with E-state index >= 15 is 0 Å². The number of aromatic nitrogens is 4. The molecule has 1 atom stereocenters. The van der Waals surface area contributed by atoms with Crippen LogP contribution in [0, 0.1) is 13.8 Å². The van der Waals surface area contributed by atoms with Gasteiger partial charge in [0.25, 0.3) is 5.91 Å². The second-order valence-electron chi connectivity index (χ2n) is 6.97. The second-order valence-corrected chi connectivity index (χ2v) is 8.17. The van der Waals surface area contributed by atoms with Crippen molar-refractivity contribution in [3.05, 3.63) is 31.9 Å². The molecule has 25 heavy (non-hydrogen) atoms. The Morgan fingerprint density at radius 2 is 2.04 bits per heavy atom. The summed E-state index contributed by atoms with van der Waals surface area (Å²) in [5.41, 5.74) is 0.703. The molecule has 0 saturated carbocycles. The van der Waals surface area contributed by atoms with E-state index < -0.39 is 0 Å². The third kappa shape index (κ3) is 3.27. The summed E-state index contributed by atoms with van der Waals surface area (Å²) in [6, 6.07) is 0.0497. The lowest BCUT2D eigenvalue weighted by Crippen LogP contribution is -2.40. The van der Waals surface area contributed by atoms with Crippen molar-refractivity contribution in [3.63, 3.8) is 0 Å². The molecule has 0 spiro atoms. The van der Waals surface area contributed by atoms with E-state index in [4.69, 9.17) is 0 Å². The van der Waals surface area contributed by atoms with Gasteiger partial charge in [0.1, 0.15) is 10.7 Å². The molecule has 2 aromatic rings. The molecule has 136 valence electrons. The highest BCUT2D eigenvalue weighted by Crippen LogP contribution is 2.29. The minimum Gasteiger partial charge on any atom is -0.337 e. The first kappa shape index (κ1) is 17.8. The molecule has 1 aliphatic rings. The molecule has 1 amide bonds. The third-order valence-electron chi connectivity index (χ3n) is 4.67. The first-order valence-electron chi connectivity index (χ1n) is 8.68. The fraction of sp³-hybridized carbons (Fsp3) is 0.647. The van der Waals surface area contributed by atoms with Crippen molar-refractivity contribution in [2.24, 2.45) is 7.05 Å². The van der Waals surface area contributed by atoms with Crippen LogP contribution in [0.1, 0.15) is 64.8 Å². The Kier molecular flexibility index (Phi) is 4.81. The maximum absolute atomic E-state index is 12.9. The van der Waals surface area contributed by atoms with Gasteiger partial charge in [0.2, 0.25) is 0 Å². The van der Waals surface area contributed by atoms with E-state index in [9.17, 15) is 9.59 Å². The number of thiazole rings is 1. The Hall–Kier alpha value is -1.96. The molecule has 0 aromatic carbocycles. The van der Waals surface area contributed by atoms with Crippen molar-refractivity contribution in [2.45, 2.75) is 52.5 Å². The smallest absolute Gasteiger partial charge is 0.337 e. The molecule has 8 heteroatoms. The molecule has 1 saturated heterocycles. The fourth-order valence-corrected chi connectivity index (χ4v) is 4.40. The van der Waals surface area contributed by atoms with Crippen LogP contribution in [0.5, 0.6) is 0 Å². The van der Waals surface area contributed by atoms with Crippen LogP contribution in [-0.2, 0) is 7.05 Å². The molecule has 3 heterocycles. The topological polar surface area (TPSA) is 73.0 Å².